The summed E-state index contributed by atoms with van der Waals surface area (Å²) in [6.45, 7) is 6.86. The van der Waals surface area contributed by atoms with E-state index >= 15 is 0 Å². The number of methoxy groups -OCH3 is 1. The van der Waals surface area contributed by atoms with E-state index in [-0.39, 0.29) is 12.1 Å². The van der Waals surface area contributed by atoms with Crippen molar-refractivity contribution in [2.24, 2.45) is 0 Å². The van der Waals surface area contributed by atoms with E-state index in [1.54, 1.807) is 7.11 Å². The predicted octanol–water partition coefficient (Wildman–Crippen LogP) is 4.25. The van der Waals surface area contributed by atoms with Gasteiger partial charge in [-0.25, -0.2) is 4.79 Å². The smallest absolute Gasteiger partial charge is 0.317 e. The number of hydrogen-bond acceptors (Lipinski definition) is 3. The standard InChI is InChI=1S/C21H26ClN3O2/c1-15-8-9-20(27-3)17(14-15)16(2)23-21(26)25-12-10-24(11-13-25)19-7-5-4-6-18(19)22/h4-9,14,16H,10-13H2,1-3H3,(H,23,26). The van der Waals surface area contributed by atoms with E-state index in [4.69, 9.17) is 16.3 Å². The second kappa shape index (κ2) is 8.53. The predicted molar refractivity (Wildman–Crippen MR) is 110 cm³/mol. The number of para-hydroxylation sites is 1. The van der Waals surface area contributed by atoms with Crippen LogP contribution < -0.4 is 15.0 Å². The lowest BCUT2D eigenvalue weighted by Gasteiger charge is -2.37. The van der Waals surface area contributed by atoms with Crippen molar-refractivity contribution in [3.63, 3.8) is 0 Å². The van der Waals surface area contributed by atoms with Crippen LogP contribution in [0.4, 0.5) is 10.5 Å². The molecule has 27 heavy (non-hydrogen) atoms. The van der Waals surface area contributed by atoms with Gasteiger partial charge in [0.1, 0.15) is 5.75 Å². The average Bonchev–Trinajstić information content (AvgIpc) is 2.68. The number of ether oxygens (including phenoxy) is 1. The molecule has 0 saturated carbocycles. The van der Waals surface area contributed by atoms with Crippen LogP contribution in [0.1, 0.15) is 24.1 Å². The van der Waals surface area contributed by atoms with E-state index in [1.807, 2.05) is 55.1 Å². The molecule has 1 N–H and O–H groups in total. The first-order valence-electron chi connectivity index (χ1n) is 9.19. The van der Waals surface area contributed by atoms with Crippen molar-refractivity contribution < 1.29 is 9.53 Å². The van der Waals surface area contributed by atoms with Gasteiger partial charge in [-0.1, -0.05) is 41.4 Å². The van der Waals surface area contributed by atoms with Crippen molar-refractivity contribution in [3.05, 3.63) is 58.6 Å². The Bertz CT molecular complexity index is 804. The lowest BCUT2D eigenvalue weighted by atomic mass is 10.0. The van der Waals surface area contributed by atoms with Crippen LogP contribution >= 0.6 is 11.6 Å². The molecule has 5 nitrogen and oxygen atoms in total. The Morgan fingerprint density at radius 2 is 1.85 bits per heavy atom. The number of benzene rings is 2. The molecule has 1 fully saturated rings. The van der Waals surface area contributed by atoms with Crippen LogP contribution in [0.3, 0.4) is 0 Å². The fourth-order valence-corrected chi connectivity index (χ4v) is 3.66. The summed E-state index contributed by atoms with van der Waals surface area (Å²) in [6, 6.07) is 13.6. The Kier molecular flexibility index (Phi) is 6.11. The number of aryl methyl sites for hydroxylation is 1. The van der Waals surface area contributed by atoms with Crippen LogP contribution in [0.2, 0.25) is 5.02 Å². The van der Waals surface area contributed by atoms with E-state index in [0.717, 1.165) is 40.7 Å². The Balaban J connectivity index is 1.60. The molecule has 0 radical (unpaired) electrons. The summed E-state index contributed by atoms with van der Waals surface area (Å²) in [5.74, 6) is 0.789. The van der Waals surface area contributed by atoms with Gasteiger partial charge in [0.05, 0.1) is 23.9 Å². The molecular formula is C21H26ClN3O2. The molecule has 1 aliphatic heterocycles. The summed E-state index contributed by atoms with van der Waals surface area (Å²) in [5, 5.41) is 3.84. The normalized spacial score (nSPS) is 15.4. The number of nitrogens with one attached hydrogen (secondary N) is 1. The largest absolute Gasteiger partial charge is 0.496 e. The Labute approximate surface area is 165 Å². The molecule has 144 valence electrons. The second-order valence-corrected chi connectivity index (χ2v) is 7.25. The number of carbonyl (C=O) groups excluding carboxylic acids is 1. The molecular weight excluding hydrogens is 362 g/mol. The first-order valence-corrected chi connectivity index (χ1v) is 9.57. The molecule has 0 aliphatic carbocycles. The van der Waals surface area contributed by atoms with Crippen molar-refractivity contribution in [3.8, 4) is 5.75 Å². The topological polar surface area (TPSA) is 44.8 Å². The van der Waals surface area contributed by atoms with Crippen LogP contribution in [0.5, 0.6) is 5.75 Å². The first kappa shape index (κ1) is 19.4. The summed E-state index contributed by atoms with van der Waals surface area (Å²) < 4.78 is 5.44. The zero-order valence-corrected chi connectivity index (χ0v) is 16.8. The molecule has 6 heteroatoms. The van der Waals surface area contributed by atoms with Crippen molar-refractivity contribution >= 4 is 23.3 Å². The molecule has 2 aromatic rings. The number of hydrogen-bond donors (Lipinski definition) is 1. The number of halogens is 1. The minimum absolute atomic E-state index is 0.0510. The number of amides is 2. The van der Waals surface area contributed by atoms with Gasteiger partial charge in [-0.2, -0.15) is 0 Å². The molecule has 2 aromatic carbocycles. The molecule has 1 heterocycles. The third kappa shape index (κ3) is 4.48. The second-order valence-electron chi connectivity index (χ2n) is 6.84. The van der Waals surface area contributed by atoms with Gasteiger partial charge >= 0.3 is 6.03 Å². The maximum Gasteiger partial charge on any atom is 0.317 e. The maximum atomic E-state index is 12.7. The quantitative estimate of drug-likeness (QED) is 0.852. The lowest BCUT2D eigenvalue weighted by molar-refractivity contribution is 0.191. The van der Waals surface area contributed by atoms with Crippen molar-refractivity contribution in [1.82, 2.24) is 10.2 Å². The fourth-order valence-electron chi connectivity index (χ4n) is 3.41. The minimum atomic E-state index is -0.131. The third-order valence-electron chi connectivity index (χ3n) is 4.95. The van der Waals surface area contributed by atoms with Gasteiger partial charge in [-0.3, -0.25) is 0 Å². The molecule has 1 atom stereocenters. The maximum absolute atomic E-state index is 12.7. The Morgan fingerprint density at radius 3 is 2.52 bits per heavy atom. The SMILES string of the molecule is COc1ccc(C)cc1C(C)NC(=O)N1CCN(c2ccccc2Cl)CC1. The summed E-state index contributed by atoms with van der Waals surface area (Å²) in [4.78, 5) is 16.8. The molecule has 2 amide bonds. The van der Waals surface area contributed by atoms with E-state index in [1.165, 1.54) is 0 Å². The Hall–Kier alpha value is -2.40. The average molecular weight is 388 g/mol. The monoisotopic (exact) mass is 387 g/mol. The highest BCUT2D eigenvalue weighted by atomic mass is 35.5. The van der Waals surface area contributed by atoms with Gasteiger partial charge in [0.15, 0.2) is 0 Å². The highest BCUT2D eigenvalue weighted by molar-refractivity contribution is 6.33. The van der Waals surface area contributed by atoms with Crippen LogP contribution in [-0.2, 0) is 0 Å². The molecule has 3 rings (SSSR count). The highest BCUT2D eigenvalue weighted by Crippen LogP contribution is 2.27. The number of nitrogens with zero attached hydrogens (tertiary/aromatic N) is 2. The van der Waals surface area contributed by atoms with Gasteiger partial charge in [0.2, 0.25) is 0 Å². The number of urea groups is 1. The van der Waals surface area contributed by atoms with E-state index < -0.39 is 0 Å². The van der Waals surface area contributed by atoms with Crippen LogP contribution in [0.25, 0.3) is 0 Å². The summed E-state index contributed by atoms with van der Waals surface area (Å²) in [5.41, 5.74) is 3.15. The number of anilines is 1. The minimum Gasteiger partial charge on any atom is -0.496 e. The van der Waals surface area contributed by atoms with Crippen LogP contribution in [0, 0.1) is 6.92 Å². The molecule has 1 saturated heterocycles. The first-order chi connectivity index (χ1) is 13.0. The summed E-state index contributed by atoms with van der Waals surface area (Å²) in [6.07, 6.45) is 0. The van der Waals surface area contributed by atoms with E-state index in [2.05, 4.69) is 16.3 Å². The lowest BCUT2D eigenvalue weighted by Crippen LogP contribution is -2.52. The molecule has 0 bridgehead atoms. The highest BCUT2D eigenvalue weighted by Gasteiger charge is 2.24. The van der Waals surface area contributed by atoms with Crippen molar-refractivity contribution in [1.29, 1.82) is 0 Å². The number of carbonyl (C=O) groups is 1. The molecule has 0 aromatic heterocycles. The van der Waals surface area contributed by atoms with Crippen molar-refractivity contribution in [2.45, 2.75) is 19.9 Å². The van der Waals surface area contributed by atoms with Gasteiger partial charge in [-0.05, 0) is 32.0 Å². The summed E-state index contributed by atoms with van der Waals surface area (Å²) >= 11 is 6.29. The number of rotatable bonds is 4. The molecule has 1 unspecified atom stereocenters. The van der Waals surface area contributed by atoms with E-state index in [0.29, 0.717) is 13.1 Å². The van der Waals surface area contributed by atoms with Gasteiger partial charge in [0, 0.05) is 31.7 Å². The van der Waals surface area contributed by atoms with Gasteiger partial charge in [0.25, 0.3) is 0 Å². The Morgan fingerprint density at radius 1 is 1.15 bits per heavy atom. The van der Waals surface area contributed by atoms with Crippen LogP contribution in [-0.4, -0.2) is 44.2 Å². The van der Waals surface area contributed by atoms with Crippen LogP contribution in [0.15, 0.2) is 42.5 Å². The summed E-state index contributed by atoms with van der Waals surface area (Å²) in [7, 11) is 1.65. The van der Waals surface area contributed by atoms with Gasteiger partial charge < -0.3 is 19.9 Å². The van der Waals surface area contributed by atoms with Crippen molar-refractivity contribution in [2.75, 3.05) is 38.2 Å². The zero-order valence-electron chi connectivity index (χ0n) is 16.0. The third-order valence-corrected chi connectivity index (χ3v) is 5.27. The van der Waals surface area contributed by atoms with E-state index in [9.17, 15) is 4.79 Å². The fraction of sp³-hybridized carbons (Fsp3) is 0.381. The molecule has 0 spiro atoms. The molecule has 1 aliphatic rings. The zero-order chi connectivity index (χ0) is 19.4. The number of piperazine rings is 1. The van der Waals surface area contributed by atoms with Gasteiger partial charge in [-0.15, -0.1) is 0 Å².